The zero-order valence-corrected chi connectivity index (χ0v) is 11.6. The van der Waals surface area contributed by atoms with Gasteiger partial charge < -0.3 is 0 Å². The molecule has 5 heteroatoms. The van der Waals surface area contributed by atoms with Gasteiger partial charge in [0.25, 0.3) is 0 Å². The Balaban J connectivity index is 2.15. The van der Waals surface area contributed by atoms with Crippen LogP contribution in [-0.4, -0.2) is 0 Å². The van der Waals surface area contributed by atoms with E-state index in [1.54, 1.807) is 30.3 Å². The molecule has 0 bridgehead atoms. The highest BCUT2D eigenvalue weighted by Crippen LogP contribution is 2.32. The molecule has 0 nitrogen and oxygen atoms in total. The molecule has 0 spiro atoms. The third-order valence-corrected chi connectivity index (χ3v) is 3.42. The van der Waals surface area contributed by atoms with Gasteiger partial charge in [-0.1, -0.05) is 30.3 Å². The fourth-order valence-electron chi connectivity index (χ4n) is 2.35. The van der Waals surface area contributed by atoms with E-state index in [2.05, 4.69) is 0 Å². The molecule has 0 aliphatic rings. The molecule has 23 heavy (non-hydrogen) atoms. The van der Waals surface area contributed by atoms with E-state index < -0.39 is 40.2 Å². The fraction of sp³-hybridized carbons (Fsp3) is 0. The average Bonchev–Trinajstić information content (AvgIpc) is 2.52. The van der Waals surface area contributed by atoms with Crippen LogP contribution in [0.3, 0.4) is 0 Å². The lowest BCUT2D eigenvalue weighted by molar-refractivity contribution is 0.447. The maximum absolute atomic E-state index is 14.3. The van der Waals surface area contributed by atoms with E-state index in [1.807, 2.05) is 0 Å². The van der Waals surface area contributed by atoms with Crippen LogP contribution in [0.2, 0.25) is 0 Å². The standard InChI is InChI=1S/C18H9F5/c19-13-6-11(10-4-2-1-3-5-10)7-14(20)17(13)12-8-15(21)18(23)16(22)9-12/h1-9H. The smallest absolute Gasteiger partial charge is 0.194 e. The van der Waals surface area contributed by atoms with Crippen LogP contribution >= 0.6 is 0 Å². The topological polar surface area (TPSA) is 0 Å². The van der Waals surface area contributed by atoms with Gasteiger partial charge in [0.05, 0.1) is 5.56 Å². The van der Waals surface area contributed by atoms with Crippen LogP contribution in [0.1, 0.15) is 0 Å². The second-order valence-corrected chi connectivity index (χ2v) is 4.93. The van der Waals surface area contributed by atoms with Crippen LogP contribution in [0, 0.1) is 29.1 Å². The van der Waals surface area contributed by atoms with E-state index in [-0.39, 0.29) is 5.56 Å². The van der Waals surface area contributed by atoms with Crippen molar-refractivity contribution in [1.29, 1.82) is 0 Å². The third-order valence-electron chi connectivity index (χ3n) is 3.42. The zero-order chi connectivity index (χ0) is 16.6. The Kier molecular flexibility index (Phi) is 3.86. The molecule has 0 fully saturated rings. The van der Waals surface area contributed by atoms with E-state index in [1.165, 1.54) is 0 Å². The van der Waals surface area contributed by atoms with E-state index >= 15 is 0 Å². The lowest BCUT2D eigenvalue weighted by Gasteiger charge is -2.09. The van der Waals surface area contributed by atoms with E-state index in [9.17, 15) is 22.0 Å². The predicted octanol–water partition coefficient (Wildman–Crippen LogP) is 5.72. The molecule has 3 aromatic rings. The number of rotatable bonds is 2. The van der Waals surface area contributed by atoms with Crippen molar-refractivity contribution in [3.05, 3.63) is 83.7 Å². The highest BCUT2D eigenvalue weighted by molar-refractivity contribution is 5.71. The summed E-state index contributed by atoms with van der Waals surface area (Å²) in [6.45, 7) is 0. The molecule has 0 saturated heterocycles. The minimum absolute atomic E-state index is 0.285. The molecule has 0 heterocycles. The Morgan fingerprint density at radius 1 is 0.478 bits per heavy atom. The van der Waals surface area contributed by atoms with Crippen molar-refractivity contribution < 1.29 is 22.0 Å². The number of halogens is 5. The minimum Gasteiger partial charge on any atom is -0.206 e. The lowest BCUT2D eigenvalue weighted by atomic mass is 9.98. The predicted molar refractivity (Wildman–Crippen MR) is 77.1 cm³/mol. The summed E-state index contributed by atoms with van der Waals surface area (Å²) in [7, 11) is 0. The molecule has 3 rings (SSSR count). The molecule has 0 aliphatic carbocycles. The van der Waals surface area contributed by atoms with E-state index in [0.717, 1.165) is 12.1 Å². The SMILES string of the molecule is Fc1cc(-c2c(F)cc(-c3ccccc3)cc2F)cc(F)c1F. The summed E-state index contributed by atoms with van der Waals surface area (Å²) in [5, 5.41) is 0. The van der Waals surface area contributed by atoms with Crippen molar-refractivity contribution in [2.24, 2.45) is 0 Å². The summed E-state index contributed by atoms with van der Waals surface area (Å²) in [5.74, 6) is -6.68. The monoisotopic (exact) mass is 320 g/mol. The second-order valence-electron chi connectivity index (χ2n) is 4.93. The molecule has 0 aliphatic heterocycles. The normalized spacial score (nSPS) is 10.8. The first-order valence-electron chi connectivity index (χ1n) is 6.66. The quantitative estimate of drug-likeness (QED) is 0.419. The summed E-state index contributed by atoms with van der Waals surface area (Å²) >= 11 is 0. The van der Waals surface area contributed by atoms with Crippen LogP contribution in [0.25, 0.3) is 22.3 Å². The maximum atomic E-state index is 14.3. The summed E-state index contributed by atoms with van der Waals surface area (Å²) in [6, 6.07) is 11.8. The van der Waals surface area contributed by atoms with Gasteiger partial charge in [-0.2, -0.15) is 0 Å². The second kappa shape index (κ2) is 5.83. The van der Waals surface area contributed by atoms with Gasteiger partial charge in [0, 0.05) is 0 Å². The Hall–Kier alpha value is -2.69. The molecular formula is C18H9F5. The average molecular weight is 320 g/mol. The van der Waals surface area contributed by atoms with Crippen molar-refractivity contribution >= 4 is 0 Å². The van der Waals surface area contributed by atoms with Gasteiger partial charge in [-0.05, 0) is 41.0 Å². The highest BCUT2D eigenvalue weighted by Gasteiger charge is 2.18. The third kappa shape index (κ3) is 2.82. The zero-order valence-electron chi connectivity index (χ0n) is 11.6. The summed E-state index contributed by atoms with van der Waals surface area (Å²) < 4.78 is 68.1. The van der Waals surface area contributed by atoms with Crippen LogP contribution in [0.4, 0.5) is 22.0 Å². The molecular weight excluding hydrogens is 311 g/mol. The summed E-state index contributed by atoms with van der Waals surface area (Å²) in [5.41, 5.74) is -0.140. The van der Waals surface area contributed by atoms with Gasteiger partial charge in [-0.15, -0.1) is 0 Å². The maximum Gasteiger partial charge on any atom is 0.194 e. The van der Waals surface area contributed by atoms with Gasteiger partial charge >= 0.3 is 0 Å². The molecule has 0 atom stereocenters. The van der Waals surface area contributed by atoms with Gasteiger partial charge in [-0.3, -0.25) is 0 Å². The molecule has 0 radical (unpaired) electrons. The molecule has 0 aromatic heterocycles. The first-order chi connectivity index (χ1) is 11.0. The summed E-state index contributed by atoms with van der Waals surface area (Å²) in [4.78, 5) is 0. The minimum atomic E-state index is -1.68. The Bertz CT molecular complexity index is 826. The van der Waals surface area contributed by atoms with Gasteiger partial charge in [0.15, 0.2) is 17.5 Å². The molecule has 116 valence electrons. The van der Waals surface area contributed by atoms with E-state index in [0.29, 0.717) is 17.7 Å². The molecule has 0 amide bonds. The first-order valence-corrected chi connectivity index (χ1v) is 6.66. The molecule has 3 aromatic carbocycles. The number of benzene rings is 3. The van der Waals surface area contributed by atoms with Crippen molar-refractivity contribution in [2.75, 3.05) is 0 Å². The van der Waals surface area contributed by atoms with Gasteiger partial charge in [0.2, 0.25) is 0 Å². The van der Waals surface area contributed by atoms with Crippen LogP contribution in [0.5, 0.6) is 0 Å². The van der Waals surface area contributed by atoms with Crippen molar-refractivity contribution in [3.8, 4) is 22.3 Å². The molecule has 0 N–H and O–H groups in total. The Morgan fingerprint density at radius 3 is 1.48 bits per heavy atom. The van der Waals surface area contributed by atoms with E-state index in [4.69, 9.17) is 0 Å². The van der Waals surface area contributed by atoms with Crippen molar-refractivity contribution in [1.82, 2.24) is 0 Å². The Morgan fingerprint density at radius 2 is 0.957 bits per heavy atom. The Labute approximate surface area is 128 Å². The van der Waals surface area contributed by atoms with Crippen molar-refractivity contribution in [3.63, 3.8) is 0 Å². The highest BCUT2D eigenvalue weighted by atomic mass is 19.2. The van der Waals surface area contributed by atoms with Gasteiger partial charge in [0.1, 0.15) is 11.6 Å². The molecule has 0 saturated carbocycles. The van der Waals surface area contributed by atoms with Crippen LogP contribution in [-0.2, 0) is 0 Å². The van der Waals surface area contributed by atoms with Gasteiger partial charge in [-0.25, -0.2) is 22.0 Å². The first kappa shape index (κ1) is 15.2. The lowest BCUT2D eigenvalue weighted by Crippen LogP contribution is -1.96. The van der Waals surface area contributed by atoms with Crippen LogP contribution < -0.4 is 0 Å². The fourth-order valence-corrected chi connectivity index (χ4v) is 2.35. The summed E-state index contributed by atoms with van der Waals surface area (Å²) in [6.07, 6.45) is 0. The largest absolute Gasteiger partial charge is 0.206 e. The number of hydrogen-bond acceptors (Lipinski definition) is 0. The molecule has 0 unspecified atom stereocenters. The van der Waals surface area contributed by atoms with Crippen molar-refractivity contribution in [2.45, 2.75) is 0 Å². The number of hydrogen-bond donors (Lipinski definition) is 0. The van der Waals surface area contributed by atoms with Crippen LogP contribution in [0.15, 0.2) is 54.6 Å².